The standard InChI is InChI=1S/C24H17N5O2S/c1-15-8-2-5-11-18(15)28-22(30)16-9-3-6-12-19(16)29-23(28)26-27-24(29)32-14-21-25-17-10-4-7-13-20(17)31-21/h2-13H,14H2,1H3. The minimum atomic E-state index is -0.120. The lowest BCUT2D eigenvalue weighted by Crippen LogP contribution is -2.22. The zero-order valence-corrected chi connectivity index (χ0v) is 17.9. The highest BCUT2D eigenvalue weighted by atomic mass is 32.2. The predicted molar refractivity (Wildman–Crippen MR) is 124 cm³/mol. The van der Waals surface area contributed by atoms with Crippen LogP contribution in [0.4, 0.5) is 0 Å². The van der Waals surface area contributed by atoms with E-state index in [4.69, 9.17) is 4.42 Å². The molecule has 0 atom stereocenters. The van der Waals surface area contributed by atoms with Crippen molar-refractivity contribution in [2.75, 3.05) is 0 Å². The maximum atomic E-state index is 13.4. The summed E-state index contributed by atoms with van der Waals surface area (Å²) in [5, 5.41) is 10.1. The smallest absolute Gasteiger partial charge is 0.267 e. The van der Waals surface area contributed by atoms with Crippen LogP contribution in [-0.4, -0.2) is 24.1 Å². The number of nitrogens with zero attached hydrogens (tertiary/aromatic N) is 5. The van der Waals surface area contributed by atoms with Crippen molar-refractivity contribution in [2.45, 2.75) is 17.8 Å². The van der Waals surface area contributed by atoms with Gasteiger partial charge in [-0.15, -0.1) is 10.2 Å². The van der Waals surface area contributed by atoms with Crippen LogP contribution >= 0.6 is 11.8 Å². The van der Waals surface area contributed by atoms with Crippen LogP contribution in [0.15, 0.2) is 87.2 Å². The van der Waals surface area contributed by atoms with Gasteiger partial charge in [0.25, 0.3) is 5.56 Å². The van der Waals surface area contributed by atoms with Gasteiger partial charge in [-0.2, -0.15) is 0 Å². The molecule has 0 saturated carbocycles. The average molecular weight is 440 g/mol. The zero-order valence-electron chi connectivity index (χ0n) is 17.1. The van der Waals surface area contributed by atoms with E-state index in [-0.39, 0.29) is 5.56 Å². The summed E-state index contributed by atoms with van der Waals surface area (Å²) in [5.41, 5.74) is 4.00. The zero-order chi connectivity index (χ0) is 21.7. The molecule has 7 nitrogen and oxygen atoms in total. The first-order chi connectivity index (χ1) is 15.7. The molecule has 0 radical (unpaired) electrons. The van der Waals surface area contributed by atoms with Gasteiger partial charge in [0.15, 0.2) is 10.7 Å². The van der Waals surface area contributed by atoms with Gasteiger partial charge in [0.2, 0.25) is 11.7 Å². The highest BCUT2D eigenvalue weighted by molar-refractivity contribution is 7.98. The second-order valence-corrected chi connectivity index (χ2v) is 8.37. The Morgan fingerprint density at radius 3 is 2.59 bits per heavy atom. The van der Waals surface area contributed by atoms with E-state index < -0.39 is 0 Å². The molecule has 0 aliphatic carbocycles. The van der Waals surface area contributed by atoms with Crippen molar-refractivity contribution < 1.29 is 4.42 Å². The summed E-state index contributed by atoms with van der Waals surface area (Å²) < 4.78 is 9.41. The Labute approximate surface area is 186 Å². The molecule has 0 bridgehead atoms. The lowest BCUT2D eigenvalue weighted by molar-refractivity contribution is 0.556. The number of oxazole rings is 1. The van der Waals surface area contributed by atoms with Gasteiger partial charge in [0.1, 0.15) is 5.52 Å². The predicted octanol–water partition coefficient (Wildman–Crippen LogP) is 4.78. The van der Waals surface area contributed by atoms with Crippen LogP contribution in [-0.2, 0) is 5.75 Å². The minimum Gasteiger partial charge on any atom is -0.440 e. The van der Waals surface area contributed by atoms with Crippen LogP contribution in [0.25, 0.3) is 33.5 Å². The van der Waals surface area contributed by atoms with Gasteiger partial charge in [-0.3, -0.25) is 9.20 Å². The summed E-state index contributed by atoms with van der Waals surface area (Å²) in [5.74, 6) is 1.58. The number of rotatable bonds is 4. The van der Waals surface area contributed by atoms with Crippen molar-refractivity contribution in [1.29, 1.82) is 0 Å². The Bertz CT molecular complexity index is 1650. The van der Waals surface area contributed by atoms with Crippen LogP contribution in [0, 0.1) is 6.92 Å². The number of para-hydroxylation sites is 4. The fourth-order valence-corrected chi connectivity index (χ4v) is 4.70. The summed E-state index contributed by atoms with van der Waals surface area (Å²) in [4.78, 5) is 18.0. The molecule has 6 rings (SSSR count). The SMILES string of the molecule is Cc1ccccc1-n1c(=O)c2ccccc2n2c(SCc3nc4ccccc4o3)nnc12. The van der Waals surface area contributed by atoms with Gasteiger partial charge in [-0.05, 0) is 42.8 Å². The van der Waals surface area contributed by atoms with Crippen molar-refractivity contribution >= 4 is 39.5 Å². The summed E-state index contributed by atoms with van der Waals surface area (Å²) >= 11 is 1.47. The number of hydrogen-bond donors (Lipinski definition) is 0. The van der Waals surface area contributed by atoms with Crippen molar-refractivity contribution in [3.63, 3.8) is 0 Å². The number of benzene rings is 3. The molecule has 6 aromatic rings. The maximum absolute atomic E-state index is 13.4. The molecule has 0 aliphatic rings. The number of aromatic nitrogens is 5. The van der Waals surface area contributed by atoms with E-state index >= 15 is 0 Å². The van der Waals surface area contributed by atoms with Gasteiger partial charge in [-0.25, -0.2) is 9.55 Å². The van der Waals surface area contributed by atoms with E-state index in [0.29, 0.717) is 28.0 Å². The topological polar surface area (TPSA) is 78.2 Å². The molecule has 3 aromatic heterocycles. The average Bonchev–Trinajstić information content (AvgIpc) is 3.43. The Morgan fingerprint density at radius 2 is 1.72 bits per heavy atom. The van der Waals surface area contributed by atoms with Crippen molar-refractivity contribution in [3.05, 3.63) is 94.6 Å². The van der Waals surface area contributed by atoms with Gasteiger partial charge in [0, 0.05) is 0 Å². The Hall–Kier alpha value is -3.91. The van der Waals surface area contributed by atoms with Crippen LogP contribution in [0.5, 0.6) is 0 Å². The maximum Gasteiger partial charge on any atom is 0.267 e. The van der Waals surface area contributed by atoms with E-state index in [1.165, 1.54) is 11.8 Å². The lowest BCUT2D eigenvalue weighted by Gasteiger charge is -2.13. The molecular weight excluding hydrogens is 422 g/mol. The van der Waals surface area contributed by atoms with Crippen LogP contribution in [0.2, 0.25) is 0 Å². The molecule has 0 amide bonds. The Kier molecular flexibility index (Phi) is 4.32. The third-order valence-electron chi connectivity index (χ3n) is 5.41. The Morgan fingerprint density at radius 1 is 0.938 bits per heavy atom. The first-order valence-electron chi connectivity index (χ1n) is 10.1. The van der Waals surface area contributed by atoms with Gasteiger partial charge in [-0.1, -0.05) is 54.2 Å². The van der Waals surface area contributed by atoms with Crippen LogP contribution in [0.3, 0.4) is 0 Å². The van der Waals surface area contributed by atoms with Gasteiger partial charge >= 0.3 is 0 Å². The van der Waals surface area contributed by atoms with Crippen molar-refractivity contribution in [2.24, 2.45) is 0 Å². The number of aryl methyl sites for hydroxylation is 1. The van der Waals surface area contributed by atoms with Crippen molar-refractivity contribution in [1.82, 2.24) is 24.1 Å². The lowest BCUT2D eigenvalue weighted by atomic mass is 10.2. The van der Waals surface area contributed by atoms with Gasteiger partial charge < -0.3 is 4.42 Å². The Balaban J connectivity index is 1.53. The number of hydrogen-bond acceptors (Lipinski definition) is 6. The highest BCUT2D eigenvalue weighted by Gasteiger charge is 2.19. The monoisotopic (exact) mass is 439 g/mol. The van der Waals surface area contributed by atoms with E-state index in [9.17, 15) is 4.79 Å². The summed E-state index contributed by atoms with van der Waals surface area (Å²) in [6, 6.07) is 23.0. The fourth-order valence-electron chi connectivity index (χ4n) is 3.91. The molecule has 0 spiro atoms. The fraction of sp³-hybridized carbons (Fsp3) is 0.0833. The van der Waals surface area contributed by atoms with E-state index in [0.717, 1.165) is 27.9 Å². The normalized spacial score (nSPS) is 11.7. The first kappa shape index (κ1) is 18.8. The molecule has 0 unspecified atom stereocenters. The number of fused-ring (bicyclic) bond motifs is 4. The molecule has 3 heterocycles. The largest absolute Gasteiger partial charge is 0.440 e. The third kappa shape index (κ3) is 2.91. The molecule has 0 aliphatic heterocycles. The molecule has 0 fully saturated rings. The van der Waals surface area contributed by atoms with E-state index in [1.54, 1.807) is 4.57 Å². The molecule has 3 aromatic carbocycles. The second kappa shape index (κ2) is 7.35. The molecule has 0 N–H and O–H groups in total. The molecule has 32 heavy (non-hydrogen) atoms. The van der Waals surface area contributed by atoms with Crippen LogP contribution in [0.1, 0.15) is 11.5 Å². The summed E-state index contributed by atoms with van der Waals surface area (Å²) in [6.07, 6.45) is 0. The molecule has 8 heteroatoms. The van der Waals surface area contributed by atoms with Crippen molar-refractivity contribution in [3.8, 4) is 5.69 Å². The minimum absolute atomic E-state index is 0.120. The second-order valence-electron chi connectivity index (χ2n) is 7.43. The van der Waals surface area contributed by atoms with Gasteiger partial charge in [0.05, 0.1) is 22.3 Å². The molecule has 0 saturated heterocycles. The molecule has 156 valence electrons. The number of thioether (sulfide) groups is 1. The van der Waals surface area contributed by atoms with Crippen LogP contribution < -0.4 is 5.56 Å². The van der Waals surface area contributed by atoms with E-state index in [1.807, 2.05) is 84.1 Å². The molecular formula is C24H17N5O2S. The van der Waals surface area contributed by atoms with E-state index in [2.05, 4.69) is 15.2 Å². The third-order valence-corrected chi connectivity index (χ3v) is 6.33. The first-order valence-corrected chi connectivity index (χ1v) is 11.1. The summed E-state index contributed by atoms with van der Waals surface area (Å²) in [7, 11) is 0. The highest BCUT2D eigenvalue weighted by Crippen LogP contribution is 2.27. The quantitative estimate of drug-likeness (QED) is 0.368. The summed E-state index contributed by atoms with van der Waals surface area (Å²) in [6.45, 7) is 1.98.